The number of aliphatic hydroxyl groups excluding tert-OH is 1. The summed E-state index contributed by atoms with van der Waals surface area (Å²) in [7, 11) is 0. The lowest BCUT2D eigenvalue weighted by Gasteiger charge is -2.26. The Hall–Kier alpha value is -1.39. The van der Waals surface area contributed by atoms with E-state index in [1.807, 2.05) is 42.1 Å². The van der Waals surface area contributed by atoms with Gasteiger partial charge < -0.3 is 10.8 Å². The van der Waals surface area contributed by atoms with Gasteiger partial charge in [0, 0.05) is 10.9 Å². The predicted molar refractivity (Wildman–Crippen MR) is 68.7 cm³/mol. The van der Waals surface area contributed by atoms with Crippen molar-refractivity contribution in [2.75, 3.05) is 6.61 Å². The zero-order valence-corrected chi connectivity index (χ0v) is 10.3. The summed E-state index contributed by atoms with van der Waals surface area (Å²) in [5, 5.41) is 14.7. The van der Waals surface area contributed by atoms with Gasteiger partial charge >= 0.3 is 0 Å². The predicted octanol–water partition coefficient (Wildman–Crippen LogP) is 1.70. The van der Waals surface area contributed by atoms with Crippen molar-refractivity contribution in [2.45, 2.75) is 31.8 Å². The number of hydrogen-bond donors (Lipinski definition) is 2. The molecular weight excluding hydrogens is 214 g/mol. The van der Waals surface area contributed by atoms with E-state index in [1.165, 1.54) is 0 Å². The van der Waals surface area contributed by atoms with Crippen molar-refractivity contribution >= 4 is 10.9 Å². The van der Waals surface area contributed by atoms with Crippen molar-refractivity contribution < 1.29 is 5.11 Å². The van der Waals surface area contributed by atoms with Crippen molar-refractivity contribution in [3.05, 3.63) is 30.5 Å². The van der Waals surface area contributed by atoms with E-state index in [9.17, 15) is 5.11 Å². The second kappa shape index (κ2) is 4.47. The fraction of sp³-hybridized carbons (Fsp3) is 0.462. The molecule has 2 rings (SSSR count). The highest BCUT2D eigenvalue weighted by atomic mass is 16.3. The van der Waals surface area contributed by atoms with Crippen LogP contribution in [0.1, 0.15) is 26.3 Å². The van der Waals surface area contributed by atoms with Crippen LogP contribution in [-0.4, -0.2) is 27.0 Å². The Kier molecular flexibility index (Phi) is 3.17. The summed E-state index contributed by atoms with van der Waals surface area (Å²) < 4.78 is 1.97. The Bertz CT molecular complexity index is 504. The summed E-state index contributed by atoms with van der Waals surface area (Å²) in [6, 6.07) is 8.25. The van der Waals surface area contributed by atoms with Crippen LogP contribution in [0.15, 0.2) is 30.5 Å². The van der Waals surface area contributed by atoms with Crippen molar-refractivity contribution in [2.24, 2.45) is 5.73 Å². The van der Waals surface area contributed by atoms with E-state index in [0.29, 0.717) is 6.42 Å². The molecule has 0 amide bonds. The fourth-order valence-electron chi connectivity index (χ4n) is 2.17. The molecule has 1 aromatic carbocycles. The fourth-order valence-corrected chi connectivity index (χ4v) is 2.17. The standard InChI is InChI=1S/C13H19N3O/c1-10(7-13(2,14)9-17)16-12-6-4-3-5-11(12)8-15-16/h3-6,8,10,17H,7,9,14H2,1-2H3. The average molecular weight is 233 g/mol. The van der Waals surface area contributed by atoms with E-state index in [4.69, 9.17) is 5.73 Å². The molecule has 0 radical (unpaired) electrons. The van der Waals surface area contributed by atoms with Crippen LogP contribution in [0.4, 0.5) is 0 Å². The number of nitrogens with two attached hydrogens (primary N) is 1. The summed E-state index contributed by atoms with van der Waals surface area (Å²) in [5.74, 6) is 0. The van der Waals surface area contributed by atoms with Gasteiger partial charge in [0.05, 0.1) is 24.4 Å². The molecule has 4 nitrogen and oxygen atoms in total. The molecule has 2 unspecified atom stereocenters. The zero-order chi connectivity index (χ0) is 12.5. The quantitative estimate of drug-likeness (QED) is 0.844. The van der Waals surface area contributed by atoms with Crippen LogP contribution in [0, 0.1) is 0 Å². The molecule has 0 fully saturated rings. The van der Waals surface area contributed by atoms with Crippen LogP contribution in [0.5, 0.6) is 0 Å². The lowest BCUT2D eigenvalue weighted by Crippen LogP contribution is -2.42. The second-order valence-electron chi connectivity index (χ2n) is 5.01. The summed E-state index contributed by atoms with van der Waals surface area (Å²) in [6.07, 6.45) is 2.55. The summed E-state index contributed by atoms with van der Waals surface area (Å²) in [4.78, 5) is 0. The Morgan fingerprint density at radius 1 is 1.47 bits per heavy atom. The van der Waals surface area contributed by atoms with Gasteiger partial charge in [0.1, 0.15) is 0 Å². The lowest BCUT2D eigenvalue weighted by atomic mass is 9.96. The van der Waals surface area contributed by atoms with E-state index in [0.717, 1.165) is 10.9 Å². The first-order chi connectivity index (χ1) is 8.03. The van der Waals surface area contributed by atoms with Gasteiger partial charge in [-0.15, -0.1) is 0 Å². The maximum atomic E-state index is 9.20. The van der Waals surface area contributed by atoms with Crippen molar-refractivity contribution in [3.8, 4) is 0 Å². The first-order valence-electron chi connectivity index (χ1n) is 5.85. The first-order valence-corrected chi connectivity index (χ1v) is 5.85. The molecule has 0 aliphatic rings. The third-order valence-electron chi connectivity index (χ3n) is 3.05. The largest absolute Gasteiger partial charge is 0.394 e. The maximum absolute atomic E-state index is 9.20. The summed E-state index contributed by atoms with van der Waals surface area (Å²) in [5.41, 5.74) is 6.52. The monoisotopic (exact) mass is 233 g/mol. The van der Waals surface area contributed by atoms with Crippen LogP contribution in [0.2, 0.25) is 0 Å². The van der Waals surface area contributed by atoms with Crippen LogP contribution in [0.3, 0.4) is 0 Å². The van der Waals surface area contributed by atoms with E-state index in [-0.39, 0.29) is 12.6 Å². The third-order valence-corrected chi connectivity index (χ3v) is 3.05. The topological polar surface area (TPSA) is 64.1 Å². The van der Waals surface area contributed by atoms with Crippen molar-refractivity contribution in [3.63, 3.8) is 0 Å². The molecule has 0 aliphatic heterocycles. The normalized spacial score (nSPS) is 16.9. The van der Waals surface area contributed by atoms with Crippen molar-refractivity contribution in [1.29, 1.82) is 0 Å². The highest BCUT2D eigenvalue weighted by Gasteiger charge is 2.22. The summed E-state index contributed by atoms with van der Waals surface area (Å²) >= 11 is 0. The number of benzene rings is 1. The Labute approximate surface area is 101 Å². The lowest BCUT2D eigenvalue weighted by molar-refractivity contribution is 0.183. The number of rotatable bonds is 4. The molecule has 4 heteroatoms. The molecule has 0 saturated heterocycles. The number of aliphatic hydroxyl groups is 1. The first kappa shape index (κ1) is 12.1. The molecule has 0 aliphatic carbocycles. The number of nitrogens with zero attached hydrogens (tertiary/aromatic N) is 2. The number of hydrogen-bond acceptors (Lipinski definition) is 3. The second-order valence-corrected chi connectivity index (χ2v) is 5.01. The smallest absolute Gasteiger partial charge is 0.0685 e. The van der Waals surface area contributed by atoms with Gasteiger partial charge in [-0.1, -0.05) is 18.2 Å². The Balaban J connectivity index is 2.28. The molecule has 2 atom stereocenters. The van der Waals surface area contributed by atoms with Crippen LogP contribution < -0.4 is 5.73 Å². The molecule has 0 spiro atoms. The molecular formula is C13H19N3O. The summed E-state index contributed by atoms with van der Waals surface area (Å²) in [6.45, 7) is 3.91. The molecule has 1 aromatic heterocycles. The van der Waals surface area contributed by atoms with Crippen molar-refractivity contribution in [1.82, 2.24) is 9.78 Å². The Morgan fingerprint density at radius 2 is 2.18 bits per heavy atom. The van der Waals surface area contributed by atoms with E-state index >= 15 is 0 Å². The van der Waals surface area contributed by atoms with E-state index < -0.39 is 5.54 Å². The molecule has 2 aromatic rings. The van der Waals surface area contributed by atoms with E-state index in [1.54, 1.807) is 0 Å². The minimum absolute atomic E-state index is 0.0173. The van der Waals surface area contributed by atoms with Gasteiger partial charge in [0.15, 0.2) is 0 Å². The van der Waals surface area contributed by atoms with Gasteiger partial charge in [0.25, 0.3) is 0 Å². The number of para-hydroxylation sites is 1. The van der Waals surface area contributed by atoms with Crippen LogP contribution in [0.25, 0.3) is 10.9 Å². The minimum Gasteiger partial charge on any atom is -0.394 e. The third kappa shape index (κ3) is 2.48. The Morgan fingerprint density at radius 3 is 2.88 bits per heavy atom. The molecule has 17 heavy (non-hydrogen) atoms. The van der Waals surface area contributed by atoms with E-state index in [2.05, 4.69) is 12.0 Å². The number of fused-ring (bicyclic) bond motifs is 1. The molecule has 0 saturated carbocycles. The SMILES string of the molecule is CC(CC(C)(N)CO)n1ncc2ccccc21. The highest BCUT2D eigenvalue weighted by Crippen LogP contribution is 2.23. The molecule has 1 heterocycles. The zero-order valence-electron chi connectivity index (χ0n) is 10.3. The van der Waals surface area contributed by atoms with Gasteiger partial charge in [0.2, 0.25) is 0 Å². The van der Waals surface area contributed by atoms with Gasteiger partial charge in [-0.05, 0) is 26.3 Å². The molecule has 92 valence electrons. The number of aromatic nitrogens is 2. The molecule has 3 N–H and O–H groups in total. The average Bonchev–Trinajstić information content (AvgIpc) is 2.72. The van der Waals surface area contributed by atoms with Gasteiger partial charge in [-0.2, -0.15) is 5.10 Å². The molecule has 0 bridgehead atoms. The minimum atomic E-state index is -0.563. The van der Waals surface area contributed by atoms with Crippen LogP contribution >= 0.6 is 0 Å². The van der Waals surface area contributed by atoms with Gasteiger partial charge in [-0.3, -0.25) is 4.68 Å². The van der Waals surface area contributed by atoms with Gasteiger partial charge in [-0.25, -0.2) is 0 Å². The van der Waals surface area contributed by atoms with Crippen LogP contribution in [-0.2, 0) is 0 Å². The highest BCUT2D eigenvalue weighted by molar-refractivity contribution is 5.78. The maximum Gasteiger partial charge on any atom is 0.0685 e.